The van der Waals surface area contributed by atoms with Crippen LogP contribution in [0, 0.1) is 5.82 Å². The number of nitrogens with zero attached hydrogens (tertiary/aromatic N) is 4. The highest BCUT2D eigenvalue weighted by Gasteiger charge is 2.28. The average molecular weight is 669 g/mol. The molecule has 9 nitrogen and oxygen atoms in total. The van der Waals surface area contributed by atoms with Crippen LogP contribution in [0.4, 0.5) is 20.7 Å². The maximum absolute atomic E-state index is 15.7. The summed E-state index contributed by atoms with van der Waals surface area (Å²) in [7, 11) is 4.78. The van der Waals surface area contributed by atoms with Crippen LogP contribution in [-0.2, 0) is 11.3 Å². The molecule has 0 atom stereocenters. The SMILES string of the molecule is COc1ccc(CN(c2cccc(Cl)c2F)c2ncnc3cc(OC)c(SC4CCN(C(=O)OC(C)(C)C)CC4)cc23)cc1OC. The molecule has 46 heavy (non-hydrogen) atoms. The lowest BCUT2D eigenvalue weighted by molar-refractivity contribution is 0.0219. The van der Waals surface area contributed by atoms with Crippen LogP contribution in [-0.4, -0.2) is 66.2 Å². The molecule has 0 N–H and O–H groups in total. The van der Waals surface area contributed by atoms with E-state index in [2.05, 4.69) is 9.97 Å². The van der Waals surface area contributed by atoms with Gasteiger partial charge in [-0.15, -0.1) is 11.8 Å². The number of thioether (sulfide) groups is 1. The van der Waals surface area contributed by atoms with Crippen LogP contribution >= 0.6 is 23.4 Å². The summed E-state index contributed by atoms with van der Waals surface area (Å²) in [5, 5.41) is 0.965. The standard InChI is InChI=1S/C34H38ClFN4O5S/c1-34(2,3)45-33(41)39-14-12-22(13-15-39)46-30-17-23-25(18-29(30)44-6)37-20-38-32(23)40(26-9-7-8-24(35)31(26)36)19-21-10-11-27(42-4)28(16-21)43-5/h7-11,16-18,20,22H,12-15,19H2,1-6H3. The molecule has 1 saturated heterocycles. The van der Waals surface area contributed by atoms with Gasteiger partial charge in [-0.2, -0.15) is 0 Å². The van der Waals surface area contributed by atoms with Gasteiger partial charge in [-0.3, -0.25) is 0 Å². The smallest absolute Gasteiger partial charge is 0.410 e. The van der Waals surface area contributed by atoms with Crippen molar-refractivity contribution in [3.8, 4) is 17.2 Å². The highest BCUT2D eigenvalue weighted by Crippen LogP contribution is 2.42. The average Bonchev–Trinajstić information content (AvgIpc) is 3.04. The second-order valence-corrected chi connectivity index (χ2v) is 13.6. The molecule has 0 radical (unpaired) electrons. The van der Waals surface area contributed by atoms with E-state index < -0.39 is 11.4 Å². The Morgan fingerprint density at radius 2 is 1.72 bits per heavy atom. The first kappa shape index (κ1) is 33.4. The summed E-state index contributed by atoms with van der Waals surface area (Å²) < 4.78 is 38.0. The van der Waals surface area contributed by atoms with Crippen LogP contribution in [0.2, 0.25) is 5.02 Å². The Balaban J connectivity index is 1.51. The van der Waals surface area contributed by atoms with E-state index in [0.717, 1.165) is 28.7 Å². The van der Waals surface area contributed by atoms with E-state index in [1.807, 2.05) is 51.1 Å². The van der Waals surface area contributed by atoms with Crippen LogP contribution in [0.5, 0.6) is 17.2 Å². The van der Waals surface area contributed by atoms with Gasteiger partial charge in [-0.05, 0) is 69.5 Å². The van der Waals surface area contributed by atoms with Gasteiger partial charge in [0, 0.05) is 36.3 Å². The number of carbonyl (C=O) groups excluding carboxylic acids is 1. The van der Waals surface area contributed by atoms with Gasteiger partial charge in [0.2, 0.25) is 0 Å². The minimum absolute atomic E-state index is 0.00353. The third kappa shape index (κ3) is 7.53. The van der Waals surface area contributed by atoms with Crippen molar-refractivity contribution in [3.05, 3.63) is 71.3 Å². The zero-order valence-electron chi connectivity index (χ0n) is 26.8. The normalized spacial score (nSPS) is 13.9. The number of fused-ring (bicyclic) bond motifs is 1. The first-order chi connectivity index (χ1) is 22.0. The summed E-state index contributed by atoms with van der Waals surface area (Å²) in [5.74, 6) is 1.77. The molecular formula is C34H38ClFN4O5S. The number of carbonyl (C=O) groups is 1. The lowest BCUT2D eigenvalue weighted by atomic mass is 10.1. The fourth-order valence-corrected chi connectivity index (χ4v) is 6.74. The van der Waals surface area contributed by atoms with E-state index >= 15 is 4.39 Å². The molecule has 0 spiro atoms. The fourth-order valence-electron chi connectivity index (χ4n) is 5.32. The molecule has 1 aromatic heterocycles. The summed E-state index contributed by atoms with van der Waals surface area (Å²) in [4.78, 5) is 26.2. The zero-order chi connectivity index (χ0) is 33.0. The van der Waals surface area contributed by atoms with Gasteiger partial charge < -0.3 is 28.7 Å². The zero-order valence-corrected chi connectivity index (χ0v) is 28.4. The number of likely N-dealkylation sites (tertiary alicyclic amines) is 1. The Labute approximate surface area is 277 Å². The maximum atomic E-state index is 15.7. The first-order valence-corrected chi connectivity index (χ1v) is 16.2. The number of rotatable bonds is 9. The third-order valence-electron chi connectivity index (χ3n) is 7.55. The molecule has 12 heteroatoms. The molecule has 5 rings (SSSR count). The minimum Gasteiger partial charge on any atom is -0.496 e. The molecule has 3 aromatic carbocycles. The number of benzene rings is 3. The number of piperidine rings is 1. The van der Waals surface area contributed by atoms with Crippen molar-refractivity contribution < 1.29 is 28.1 Å². The summed E-state index contributed by atoms with van der Waals surface area (Å²) in [6.07, 6.45) is 2.76. The molecule has 0 bridgehead atoms. The Morgan fingerprint density at radius 3 is 2.39 bits per heavy atom. The molecule has 4 aromatic rings. The van der Waals surface area contributed by atoms with Crippen LogP contribution in [0.15, 0.2) is 59.8 Å². The first-order valence-electron chi connectivity index (χ1n) is 14.9. The predicted molar refractivity (Wildman–Crippen MR) is 180 cm³/mol. The second-order valence-electron chi connectivity index (χ2n) is 11.9. The van der Waals surface area contributed by atoms with Gasteiger partial charge in [0.05, 0.1) is 42.5 Å². The van der Waals surface area contributed by atoms with E-state index in [1.54, 1.807) is 55.0 Å². The topological polar surface area (TPSA) is 86.3 Å². The molecule has 244 valence electrons. The van der Waals surface area contributed by atoms with Crippen molar-refractivity contribution in [1.29, 1.82) is 0 Å². The molecule has 1 aliphatic rings. The van der Waals surface area contributed by atoms with Crippen molar-refractivity contribution in [2.45, 2.75) is 55.9 Å². The largest absolute Gasteiger partial charge is 0.496 e. The lowest BCUT2D eigenvalue weighted by Gasteiger charge is -2.33. The number of halogens is 2. The van der Waals surface area contributed by atoms with Crippen molar-refractivity contribution in [1.82, 2.24) is 14.9 Å². The van der Waals surface area contributed by atoms with Crippen molar-refractivity contribution in [2.24, 2.45) is 0 Å². The van der Waals surface area contributed by atoms with Gasteiger partial charge in [0.25, 0.3) is 0 Å². The van der Waals surface area contributed by atoms with E-state index in [9.17, 15) is 4.79 Å². The van der Waals surface area contributed by atoms with Crippen LogP contribution in [0.3, 0.4) is 0 Å². The van der Waals surface area contributed by atoms with Gasteiger partial charge >= 0.3 is 6.09 Å². The summed E-state index contributed by atoms with van der Waals surface area (Å²) >= 11 is 7.95. The number of aromatic nitrogens is 2. The van der Waals surface area contributed by atoms with Gasteiger partial charge in [-0.1, -0.05) is 23.7 Å². The van der Waals surface area contributed by atoms with Crippen LogP contribution in [0.25, 0.3) is 10.9 Å². The van der Waals surface area contributed by atoms with Gasteiger partial charge in [0.15, 0.2) is 17.3 Å². The third-order valence-corrected chi connectivity index (χ3v) is 9.22. The van der Waals surface area contributed by atoms with E-state index in [1.165, 1.54) is 12.4 Å². The summed E-state index contributed by atoms with van der Waals surface area (Å²) in [6, 6.07) is 14.3. The summed E-state index contributed by atoms with van der Waals surface area (Å²) in [6.45, 7) is 7.06. The van der Waals surface area contributed by atoms with Crippen LogP contribution < -0.4 is 19.1 Å². The Hall–Kier alpha value is -3.96. The molecule has 1 aliphatic heterocycles. The molecule has 0 unspecified atom stereocenters. The quantitative estimate of drug-likeness (QED) is 0.175. The Kier molecular flexibility index (Phi) is 10.3. The molecule has 0 saturated carbocycles. The molecule has 1 amide bonds. The van der Waals surface area contributed by atoms with Crippen molar-refractivity contribution in [2.75, 3.05) is 39.3 Å². The summed E-state index contributed by atoms with van der Waals surface area (Å²) in [5.41, 5.74) is 1.21. The number of methoxy groups -OCH3 is 3. The number of anilines is 2. The van der Waals surface area contributed by atoms with Crippen LogP contribution in [0.1, 0.15) is 39.2 Å². The Bertz CT molecular complexity index is 1710. The van der Waals surface area contributed by atoms with E-state index in [4.69, 9.17) is 30.5 Å². The lowest BCUT2D eigenvalue weighted by Crippen LogP contribution is -2.42. The number of hydrogen-bond donors (Lipinski definition) is 0. The highest BCUT2D eigenvalue weighted by molar-refractivity contribution is 8.00. The molecule has 1 fully saturated rings. The van der Waals surface area contributed by atoms with Gasteiger partial charge in [0.1, 0.15) is 23.5 Å². The number of hydrogen-bond acceptors (Lipinski definition) is 9. The fraction of sp³-hybridized carbons (Fsp3) is 0.382. The second kappa shape index (κ2) is 14.2. The maximum Gasteiger partial charge on any atom is 0.410 e. The molecule has 2 heterocycles. The van der Waals surface area contributed by atoms with E-state index in [-0.39, 0.29) is 28.6 Å². The number of ether oxygens (including phenoxy) is 4. The monoisotopic (exact) mass is 668 g/mol. The predicted octanol–water partition coefficient (Wildman–Crippen LogP) is 8.28. The van der Waals surface area contributed by atoms with Crippen molar-refractivity contribution >= 4 is 51.9 Å². The Morgan fingerprint density at radius 1 is 1.00 bits per heavy atom. The molecule has 0 aliphatic carbocycles. The van der Waals surface area contributed by atoms with Gasteiger partial charge in [-0.25, -0.2) is 19.2 Å². The molecular weight excluding hydrogens is 631 g/mol. The minimum atomic E-state index is -0.559. The number of amides is 1. The van der Waals surface area contributed by atoms with Crippen molar-refractivity contribution in [3.63, 3.8) is 0 Å². The highest BCUT2D eigenvalue weighted by atomic mass is 35.5. The van der Waals surface area contributed by atoms with E-state index in [0.29, 0.717) is 41.7 Å².